The van der Waals surface area contributed by atoms with E-state index in [0.717, 1.165) is 38.5 Å². The van der Waals surface area contributed by atoms with Crippen LogP contribution >= 0.6 is 0 Å². The normalized spacial score (nSPS) is 47.2. The van der Waals surface area contributed by atoms with Crippen LogP contribution in [0.25, 0.3) is 0 Å². The molecule has 0 spiro atoms. The first kappa shape index (κ1) is 26.2. The summed E-state index contributed by atoms with van der Waals surface area (Å²) in [7, 11) is 0. The lowest BCUT2D eigenvalue weighted by molar-refractivity contribution is -0.271. The van der Waals surface area contributed by atoms with Gasteiger partial charge in [0, 0.05) is 25.4 Å². The Morgan fingerprint density at radius 3 is 2.50 bits per heavy atom. The van der Waals surface area contributed by atoms with Crippen molar-refractivity contribution in [1.82, 2.24) is 0 Å². The molecular weight excluding hydrogens is 428 g/mol. The molecular formula is C29H48O5. The number of esters is 1. The zero-order valence-corrected chi connectivity index (χ0v) is 22.0. The molecule has 10 unspecified atom stereocenters. The molecule has 0 saturated heterocycles. The number of hydrogen-bond acceptors (Lipinski definition) is 5. The highest BCUT2D eigenvalue weighted by molar-refractivity contribution is 5.66. The van der Waals surface area contributed by atoms with E-state index in [-0.39, 0.29) is 24.4 Å². The second-order valence-electron chi connectivity index (χ2n) is 13.0. The van der Waals surface area contributed by atoms with Gasteiger partial charge in [0.25, 0.3) is 0 Å². The molecule has 0 bridgehead atoms. The highest BCUT2D eigenvalue weighted by Crippen LogP contribution is 2.69. The van der Waals surface area contributed by atoms with E-state index in [1.807, 2.05) is 0 Å². The van der Waals surface area contributed by atoms with Gasteiger partial charge in [-0.1, -0.05) is 39.8 Å². The molecule has 4 saturated carbocycles. The van der Waals surface area contributed by atoms with Crippen LogP contribution in [0.4, 0.5) is 0 Å². The molecule has 5 nitrogen and oxygen atoms in total. The molecule has 0 heterocycles. The van der Waals surface area contributed by atoms with Gasteiger partial charge in [-0.15, -0.1) is 0 Å². The lowest BCUT2D eigenvalue weighted by Gasteiger charge is -2.65. The zero-order valence-electron chi connectivity index (χ0n) is 22.0. The summed E-state index contributed by atoms with van der Waals surface area (Å²) in [5.74, 6) is 2.20. The summed E-state index contributed by atoms with van der Waals surface area (Å²) in [6.07, 6.45) is 11.2. The molecule has 10 atom stereocenters. The zero-order chi connectivity index (χ0) is 24.9. The summed E-state index contributed by atoms with van der Waals surface area (Å²) in [5, 5.41) is 33.4. The number of carbonyl (C=O) groups excluding carboxylic acids is 1. The fraction of sp³-hybridized carbons (Fsp3) is 0.897. The van der Waals surface area contributed by atoms with E-state index in [2.05, 4.69) is 39.8 Å². The fourth-order valence-electron chi connectivity index (χ4n) is 9.23. The van der Waals surface area contributed by atoms with Crippen LogP contribution in [-0.2, 0) is 9.53 Å². The van der Waals surface area contributed by atoms with E-state index in [9.17, 15) is 20.1 Å². The first-order valence-corrected chi connectivity index (χ1v) is 13.8. The van der Waals surface area contributed by atoms with E-state index in [4.69, 9.17) is 4.74 Å². The molecule has 0 aliphatic heterocycles. The van der Waals surface area contributed by atoms with Crippen LogP contribution in [0, 0.1) is 46.3 Å². The van der Waals surface area contributed by atoms with E-state index in [1.54, 1.807) is 0 Å². The van der Waals surface area contributed by atoms with Gasteiger partial charge in [-0.3, -0.25) is 4.79 Å². The second-order valence-corrected chi connectivity index (χ2v) is 13.0. The largest absolute Gasteiger partial charge is 0.459 e. The molecule has 0 amide bonds. The lowest BCUT2D eigenvalue weighted by Crippen LogP contribution is -2.69. The topological polar surface area (TPSA) is 87.0 Å². The van der Waals surface area contributed by atoms with Crippen LogP contribution in [0.5, 0.6) is 0 Å². The average Bonchev–Trinajstić information content (AvgIpc) is 3.15. The van der Waals surface area contributed by atoms with Gasteiger partial charge in [0.2, 0.25) is 0 Å². The first-order valence-electron chi connectivity index (χ1n) is 13.8. The van der Waals surface area contributed by atoms with Gasteiger partial charge in [-0.2, -0.15) is 0 Å². The number of aliphatic hydroxyl groups excluding tert-OH is 2. The van der Waals surface area contributed by atoms with Crippen molar-refractivity contribution in [3.8, 4) is 0 Å². The lowest BCUT2D eigenvalue weighted by atomic mass is 9.42. The maximum absolute atomic E-state index is 12.1. The Morgan fingerprint density at radius 1 is 1.12 bits per heavy atom. The number of aliphatic hydroxyl groups is 3. The Balaban J connectivity index is 1.65. The van der Waals surface area contributed by atoms with Crippen molar-refractivity contribution in [2.24, 2.45) is 46.3 Å². The van der Waals surface area contributed by atoms with Gasteiger partial charge in [0.05, 0.1) is 6.10 Å². The van der Waals surface area contributed by atoms with Gasteiger partial charge in [0.15, 0.2) is 0 Å². The number of rotatable bonds is 6. The summed E-state index contributed by atoms with van der Waals surface area (Å²) in [6, 6.07) is 0. The van der Waals surface area contributed by atoms with Crippen LogP contribution in [0.3, 0.4) is 0 Å². The predicted molar refractivity (Wildman–Crippen MR) is 133 cm³/mol. The van der Waals surface area contributed by atoms with Crippen LogP contribution in [0.2, 0.25) is 0 Å². The highest BCUT2D eigenvalue weighted by Gasteiger charge is 2.69. The van der Waals surface area contributed by atoms with Crippen molar-refractivity contribution in [3.05, 3.63) is 12.2 Å². The predicted octanol–water partition coefficient (Wildman–Crippen LogP) is 4.87. The Bertz CT molecular complexity index is 778. The van der Waals surface area contributed by atoms with Gasteiger partial charge in [0.1, 0.15) is 11.7 Å². The number of hydrogen-bond donors (Lipinski definition) is 3. The monoisotopic (exact) mass is 476 g/mol. The maximum Gasteiger partial charge on any atom is 0.303 e. The van der Waals surface area contributed by atoms with Crippen LogP contribution < -0.4 is 0 Å². The van der Waals surface area contributed by atoms with Crippen molar-refractivity contribution in [2.45, 2.75) is 110 Å². The quantitative estimate of drug-likeness (QED) is 0.376. The molecule has 4 rings (SSSR count). The minimum absolute atomic E-state index is 0.0937. The SMILES string of the molecule is CC(=O)OC1CC2C3CCC(C(C)C=CCC(C)C)C3(CO)CCC2C2(C)CCC(O)CC12O. The fourth-order valence-corrected chi connectivity index (χ4v) is 9.23. The minimum atomic E-state index is -1.19. The minimum Gasteiger partial charge on any atom is -0.459 e. The van der Waals surface area contributed by atoms with E-state index in [1.165, 1.54) is 6.92 Å². The molecule has 0 aromatic heterocycles. The van der Waals surface area contributed by atoms with Gasteiger partial charge in [-0.25, -0.2) is 0 Å². The number of allylic oxidation sites excluding steroid dienone is 2. The van der Waals surface area contributed by atoms with Crippen LogP contribution in [-0.4, -0.2) is 45.7 Å². The third-order valence-electron chi connectivity index (χ3n) is 10.9. The van der Waals surface area contributed by atoms with E-state index < -0.39 is 23.2 Å². The molecule has 0 radical (unpaired) electrons. The van der Waals surface area contributed by atoms with Gasteiger partial charge in [-0.05, 0) is 92.3 Å². The third-order valence-corrected chi connectivity index (χ3v) is 10.9. The smallest absolute Gasteiger partial charge is 0.303 e. The molecule has 3 N–H and O–H groups in total. The van der Waals surface area contributed by atoms with Crippen LogP contribution in [0.15, 0.2) is 12.2 Å². The third kappa shape index (κ3) is 4.08. The number of ether oxygens (including phenoxy) is 1. The summed E-state index contributed by atoms with van der Waals surface area (Å²) < 4.78 is 5.82. The van der Waals surface area contributed by atoms with Gasteiger partial charge < -0.3 is 20.1 Å². The second kappa shape index (κ2) is 9.52. The van der Waals surface area contributed by atoms with E-state index >= 15 is 0 Å². The summed E-state index contributed by atoms with van der Waals surface area (Å²) >= 11 is 0. The summed E-state index contributed by atoms with van der Waals surface area (Å²) in [6.45, 7) is 10.6. The number of carbonyl (C=O) groups is 1. The maximum atomic E-state index is 12.1. The Kier molecular flexibility index (Phi) is 7.32. The van der Waals surface area contributed by atoms with Crippen molar-refractivity contribution >= 4 is 5.97 Å². The molecule has 4 aliphatic carbocycles. The molecule has 34 heavy (non-hydrogen) atoms. The molecule has 194 valence electrons. The van der Waals surface area contributed by atoms with Crippen molar-refractivity contribution < 1.29 is 24.9 Å². The molecule has 4 fully saturated rings. The average molecular weight is 477 g/mol. The molecule has 5 heteroatoms. The van der Waals surface area contributed by atoms with Crippen molar-refractivity contribution in [1.29, 1.82) is 0 Å². The number of fused-ring (bicyclic) bond motifs is 5. The molecule has 0 aromatic rings. The molecule has 0 aromatic carbocycles. The Hall–Kier alpha value is -0.910. The Labute approximate surface area is 206 Å². The Morgan fingerprint density at radius 2 is 1.85 bits per heavy atom. The van der Waals surface area contributed by atoms with Gasteiger partial charge >= 0.3 is 5.97 Å². The van der Waals surface area contributed by atoms with Crippen LogP contribution in [0.1, 0.15) is 92.4 Å². The standard InChI is InChI=1S/C29H48O5/c1-18(2)7-6-8-19(3)23-9-10-25-22-15-26(34-20(4)31)29(33)16-21(32)11-13-27(29,5)24(22)12-14-28(23,25)17-30/h6,8,18-19,21-26,30,32-33H,7,9-17H2,1-5H3. The summed E-state index contributed by atoms with van der Waals surface area (Å²) in [5.41, 5.74) is -1.68. The van der Waals surface area contributed by atoms with Crippen molar-refractivity contribution in [2.75, 3.05) is 6.61 Å². The highest BCUT2D eigenvalue weighted by atomic mass is 16.6. The first-order chi connectivity index (χ1) is 16.0. The summed E-state index contributed by atoms with van der Waals surface area (Å²) in [4.78, 5) is 12.1. The van der Waals surface area contributed by atoms with Crippen molar-refractivity contribution in [3.63, 3.8) is 0 Å². The van der Waals surface area contributed by atoms with E-state index in [0.29, 0.717) is 48.3 Å². The molecule has 4 aliphatic rings.